The third-order valence-electron chi connectivity index (χ3n) is 7.37. The van der Waals surface area contributed by atoms with E-state index in [2.05, 4.69) is 16.3 Å². The van der Waals surface area contributed by atoms with Crippen molar-refractivity contribution in [3.63, 3.8) is 0 Å². The van der Waals surface area contributed by atoms with Crippen molar-refractivity contribution in [2.24, 2.45) is 0 Å². The van der Waals surface area contributed by atoms with Crippen molar-refractivity contribution in [3.05, 3.63) is 70.3 Å². The Labute approximate surface area is 208 Å². The Kier molecular flexibility index (Phi) is 6.16. The Balaban J connectivity index is 1.27. The first-order valence-electron chi connectivity index (χ1n) is 12.0. The molecular formula is C27H26N4O5. The van der Waals surface area contributed by atoms with Crippen LogP contribution < -0.4 is 5.32 Å². The van der Waals surface area contributed by atoms with Crippen molar-refractivity contribution in [1.82, 2.24) is 15.1 Å². The number of benzene rings is 2. The van der Waals surface area contributed by atoms with Crippen molar-refractivity contribution in [1.29, 1.82) is 5.26 Å². The van der Waals surface area contributed by atoms with Gasteiger partial charge in [0.25, 0.3) is 11.8 Å². The van der Waals surface area contributed by atoms with Crippen LogP contribution in [0.15, 0.2) is 42.5 Å². The standard InChI is InChI=1S/C27H26N4O5/c28-12-9-17-1-3-18(4-2-17)16-30-13-10-27(36,11-14-30)19-5-6-20-21(15-19)26(35)31(25(20)34)22-7-8-23(32)29-24(22)33/h1-6,15,22,36H,7-11,13-14,16H2,(H,29,32,33). The summed E-state index contributed by atoms with van der Waals surface area (Å²) in [5.74, 6) is -2.20. The van der Waals surface area contributed by atoms with Gasteiger partial charge in [0, 0.05) is 26.1 Å². The first-order valence-corrected chi connectivity index (χ1v) is 12.0. The molecule has 0 saturated carbocycles. The van der Waals surface area contributed by atoms with Gasteiger partial charge < -0.3 is 5.11 Å². The molecule has 3 aliphatic rings. The van der Waals surface area contributed by atoms with Gasteiger partial charge in [-0.3, -0.25) is 34.3 Å². The summed E-state index contributed by atoms with van der Waals surface area (Å²) in [5, 5.41) is 22.4. The van der Waals surface area contributed by atoms with Crippen LogP contribution in [0.4, 0.5) is 0 Å². The molecule has 4 amide bonds. The van der Waals surface area contributed by atoms with E-state index in [1.165, 1.54) is 0 Å². The van der Waals surface area contributed by atoms with Gasteiger partial charge in [-0.15, -0.1) is 0 Å². The van der Waals surface area contributed by atoms with Crippen molar-refractivity contribution in [3.8, 4) is 6.07 Å². The normalized spacial score (nSPS) is 21.8. The maximum Gasteiger partial charge on any atom is 0.262 e. The molecule has 1 unspecified atom stereocenters. The average molecular weight is 487 g/mol. The predicted molar refractivity (Wildman–Crippen MR) is 127 cm³/mol. The quantitative estimate of drug-likeness (QED) is 0.614. The van der Waals surface area contributed by atoms with Crippen LogP contribution >= 0.6 is 0 Å². The number of hydrogen-bond acceptors (Lipinski definition) is 7. The summed E-state index contributed by atoms with van der Waals surface area (Å²) in [6.45, 7) is 2.05. The highest BCUT2D eigenvalue weighted by Gasteiger charge is 2.45. The average Bonchev–Trinajstić information content (AvgIpc) is 3.11. The second-order valence-corrected chi connectivity index (χ2v) is 9.67. The van der Waals surface area contributed by atoms with E-state index in [0.29, 0.717) is 37.9 Å². The van der Waals surface area contributed by atoms with Crippen molar-refractivity contribution < 1.29 is 24.3 Å². The summed E-state index contributed by atoms with van der Waals surface area (Å²) in [4.78, 5) is 53.0. The van der Waals surface area contributed by atoms with Crippen LogP contribution in [0.2, 0.25) is 0 Å². The molecule has 1 atom stereocenters. The lowest BCUT2D eigenvalue weighted by Crippen LogP contribution is -2.54. The number of nitrogens with one attached hydrogen (secondary N) is 1. The second kappa shape index (κ2) is 9.30. The monoisotopic (exact) mass is 486 g/mol. The summed E-state index contributed by atoms with van der Waals surface area (Å²) in [6.07, 6.45) is 1.49. The molecule has 2 fully saturated rings. The molecule has 36 heavy (non-hydrogen) atoms. The van der Waals surface area contributed by atoms with E-state index in [4.69, 9.17) is 5.26 Å². The number of carbonyl (C=O) groups is 4. The fraction of sp³-hybridized carbons (Fsp3) is 0.370. The van der Waals surface area contributed by atoms with E-state index in [0.717, 1.165) is 22.6 Å². The highest BCUT2D eigenvalue weighted by molar-refractivity contribution is 6.23. The molecule has 3 aliphatic heterocycles. The number of fused-ring (bicyclic) bond motifs is 1. The molecule has 5 rings (SSSR count). The van der Waals surface area contributed by atoms with Crippen LogP contribution in [-0.2, 0) is 28.2 Å². The fourth-order valence-corrected chi connectivity index (χ4v) is 5.24. The van der Waals surface area contributed by atoms with E-state index in [1.54, 1.807) is 18.2 Å². The molecule has 0 aromatic heterocycles. The highest BCUT2D eigenvalue weighted by Crippen LogP contribution is 2.36. The van der Waals surface area contributed by atoms with E-state index in [9.17, 15) is 24.3 Å². The molecule has 184 valence electrons. The minimum Gasteiger partial charge on any atom is -0.385 e. The molecule has 3 heterocycles. The number of nitriles is 1. The van der Waals surface area contributed by atoms with Crippen LogP contribution in [0.1, 0.15) is 63.1 Å². The molecule has 9 heteroatoms. The number of likely N-dealkylation sites (tertiary alicyclic amines) is 1. The molecule has 0 bridgehead atoms. The minimum atomic E-state index is -1.13. The number of amides is 4. The van der Waals surface area contributed by atoms with Crippen LogP contribution in [0.25, 0.3) is 0 Å². The summed E-state index contributed by atoms with van der Waals surface area (Å²) in [6, 6.07) is 13.9. The van der Waals surface area contributed by atoms with Crippen molar-refractivity contribution in [2.75, 3.05) is 13.1 Å². The topological polar surface area (TPSA) is 131 Å². The highest BCUT2D eigenvalue weighted by atomic mass is 16.3. The van der Waals surface area contributed by atoms with Crippen molar-refractivity contribution >= 4 is 23.6 Å². The fourth-order valence-electron chi connectivity index (χ4n) is 5.24. The van der Waals surface area contributed by atoms with Crippen LogP contribution in [0.5, 0.6) is 0 Å². The van der Waals surface area contributed by atoms with Gasteiger partial charge in [0.2, 0.25) is 11.8 Å². The Morgan fingerprint density at radius 3 is 2.31 bits per heavy atom. The number of rotatable bonds is 5. The van der Waals surface area contributed by atoms with Gasteiger partial charge in [-0.25, -0.2) is 0 Å². The number of aliphatic hydroxyl groups is 1. The third-order valence-corrected chi connectivity index (χ3v) is 7.37. The van der Waals surface area contributed by atoms with Gasteiger partial charge in [0.05, 0.1) is 29.2 Å². The van der Waals surface area contributed by atoms with Gasteiger partial charge in [-0.05, 0) is 48.1 Å². The maximum absolute atomic E-state index is 13.1. The SMILES string of the molecule is N#CCc1ccc(CN2CCC(O)(c3ccc4c(c3)C(=O)N(C3CCC(=O)NC3=O)C4=O)CC2)cc1. The Morgan fingerprint density at radius 2 is 1.64 bits per heavy atom. The largest absolute Gasteiger partial charge is 0.385 e. The number of piperidine rings is 2. The summed E-state index contributed by atoms with van der Waals surface area (Å²) in [5.41, 5.74) is 1.94. The molecule has 2 saturated heterocycles. The molecule has 0 radical (unpaired) electrons. The first-order chi connectivity index (χ1) is 17.3. The van der Waals surface area contributed by atoms with Gasteiger partial charge in [-0.1, -0.05) is 30.3 Å². The smallest absolute Gasteiger partial charge is 0.262 e. The lowest BCUT2D eigenvalue weighted by molar-refractivity contribution is -0.136. The summed E-state index contributed by atoms with van der Waals surface area (Å²) < 4.78 is 0. The van der Waals surface area contributed by atoms with Crippen LogP contribution in [0, 0.1) is 11.3 Å². The minimum absolute atomic E-state index is 0.0648. The lowest BCUT2D eigenvalue weighted by atomic mass is 9.83. The molecule has 9 nitrogen and oxygen atoms in total. The summed E-state index contributed by atoms with van der Waals surface area (Å²) >= 11 is 0. The zero-order valence-corrected chi connectivity index (χ0v) is 19.7. The van der Waals surface area contributed by atoms with Crippen LogP contribution in [-0.4, -0.2) is 57.7 Å². The first kappa shape index (κ1) is 23.9. The lowest BCUT2D eigenvalue weighted by Gasteiger charge is -2.38. The van der Waals surface area contributed by atoms with E-state index >= 15 is 0 Å². The Bertz CT molecular complexity index is 1290. The third kappa shape index (κ3) is 4.30. The molecular weight excluding hydrogens is 460 g/mol. The van der Waals surface area contributed by atoms with E-state index in [1.807, 2.05) is 24.3 Å². The van der Waals surface area contributed by atoms with Gasteiger partial charge in [-0.2, -0.15) is 5.26 Å². The number of nitrogens with zero attached hydrogens (tertiary/aromatic N) is 3. The zero-order chi connectivity index (χ0) is 25.4. The predicted octanol–water partition coefficient (Wildman–Crippen LogP) is 1.64. The molecule has 2 aromatic rings. The van der Waals surface area contributed by atoms with Gasteiger partial charge >= 0.3 is 0 Å². The molecule has 0 aliphatic carbocycles. The van der Waals surface area contributed by atoms with Crippen molar-refractivity contribution in [2.45, 2.75) is 50.3 Å². The van der Waals surface area contributed by atoms with E-state index < -0.39 is 35.3 Å². The van der Waals surface area contributed by atoms with E-state index in [-0.39, 0.29) is 24.0 Å². The Hall–Kier alpha value is -3.87. The van der Waals surface area contributed by atoms with Gasteiger partial charge in [0.15, 0.2) is 0 Å². The number of carbonyl (C=O) groups excluding carboxylic acids is 4. The summed E-state index contributed by atoms with van der Waals surface area (Å²) in [7, 11) is 0. The maximum atomic E-state index is 13.1. The van der Waals surface area contributed by atoms with Crippen LogP contribution in [0.3, 0.4) is 0 Å². The zero-order valence-electron chi connectivity index (χ0n) is 19.7. The Morgan fingerprint density at radius 1 is 0.972 bits per heavy atom. The molecule has 0 spiro atoms. The molecule has 2 N–H and O–H groups in total. The number of hydrogen-bond donors (Lipinski definition) is 2. The van der Waals surface area contributed by atoms with Gasteiger partial charge in [0.1, 0.15) is 6.04 Å². The molecule has 2 aromatic carbocycles. The second-order valence-electron chi connectivity index (χ2n) is 9.67. The number of imide groups is 2.